The van der Waals surface area contributed by atoms with Crippen LogP contribution in [-0.4, -0.2) is 118 Å². The number of benzene rings is 2. The Balaban J connectivity index is 0.000000279. The van der Waals surface area contributed by atoms with Gasteiger partial charge in [0.15, 0.2) is 11.4 Å². The Labute approximate surface area is 449 Å². The van der Waals surface area contributed by atoms with E-state index in [4.69, 9.17) is 84.7 Å². The number of furan rings is 1. The first-order valence-electron chi connectivity index (χ1n) is 23.6. The molecule has 0 spiro atoms. The van der Waals surface area contributed by atoms with Gasteiger partial charge in [0.1, 0.15) is 41.8 Å². The SMILES string of the molecule is CC1(C)OC(c2ccco2)CN1C(=O)C(Cl)Cl.CCCCCOC(=O)COc1cc(N2C(=O)C3=C(CCCC3)C2=O)c(F)cc1Cl.CCc1cccc(CC)c1N(COC)C(=O)CCl.O=C(O)CNCP(=O)(O)O. The number of aryl methyl sites for hydroxylation is 2. The van der Waals surface area contributed by atoms with Crippen LogP contribution < -0.4 is 19.9 Å². The molecule has 1 fully saturated rings. The number of aliphatic carboxylic acids is 1. The number of imide groups is 1. The van der Waals surface area contributed by atoms with Crippen molar-refractivity contribution in [3.8, 4) is 5.75 Å². The van der Waals surface area contributed by atoms with Gasteiger partial charge in [-0.25, -0.2) is 14.1 Å². The molecule has 1 atom stereocenters. The standard InChI is InChI=1S/C21H23ClFNO5.C14H20ClNO2.C11H13Cl2NO3.C3H8NO5P/c1-2-3-6-9-28-19(25)12-29-18-11-17(16(23)10-15(18)22)24-20(26)13-7-4-5-8-14(13)21(24)27;1-4-11-7-6-8-12(5-2)14(11)16(10-18-3)13(17)9-15;1-11(2)14(10(15)9(12)13)6-8(17-11)7-4-3-5-16-7;5-3(6)1-4-2-10(7,8)9/h10-11H,2-9,12H2,1H3;6-8H,4-5,9-10H2,1-3H3;3-5,8-9H,6H2,1-2H3;4H,1-2H2,(H,5,6)(H2,7,8,9). The van der Waals surface area contributed by atoms with E-state index in [1.54, 1.807) is 38.2 Å². The average molecular weight is 1140 g/mol. The molecule has 410 valence electrons. The number of alkyl halides is 3. The fraction of sp³-hybridized carbons (Fsp3) is 0.510. The fourth-order valence-electron chi connectivity index (χ4n) is 7.74. The summed E-state index contributed by atoms with van der Waals surface area (Å²) in [5.41, 5.74) is 3.17. The number of hydrogen-bond donors (Lipinski definition) is 4. The highest BCUT2D eigenvalue weighted by Gasteiger charge is 2.45. The number of anilines is 2. The van der Waals surface area contributed by atoms with Gasteiger partial charge in [-0.15, -0.1) is 11.6 Å². The lowest BCUT2D eigenvalue weighted by molar-refractivity contribution is -0.146. The minimum absolute atomic E-state index is 0.000883. The van der Waals surface area contributed by atoms with Gasteiger partial charge in [0.25, 0.3) is 17.7 Å². The monoisotopic (exact) mass is 1140 g/mol. The second-order valence-electron chi connectivity index (χ2n) is 17.0. The summed E-state index contributed by atoms with van der Waals surface area (Å²) in [6.07, 6.45) is 7.84. The van der Waals surface area contributed by atoms with E-state index < -0.39 is 67.2 Å². The molecule has 0 bridgehead atoms. The molecule has 6 rings (SSSR count). The first-order valence-corrected chi connectivity index (χ1v) is 27.2. The molecule has 4 amide bonds. The molecular formula is C49H64Cl4FN4O15P. The number of nitrogens with zero attached hydrogens (tertiary/aromatic N) is 3. The van der Waals surface area contributed by atoms with Crippen molar-refractivity contribution in [2.24, 2.45) is 0 Å². The molecule has 3 heterocycles. The largest absolute Gasteiger partial charge is 0.480 e. The zero-order valence-electron chi connectivity index (χ0n) is 42.0. The van der Waals surface area contributed by atoms with Gasteiger partial charge in [-0.05, 0) is 88.1 Å². The summed E-state index contributed by atoms with van der Waals surface area (Å²) in [4.78, 5) is 89.9. The summed E-state index contributed by atoms with van der Waals surface area (Å²) >= 11 is 22.9. The average Bonchev–Trinajstić information content (AvgIpc) is 4.07. The summed E-state index contributed by atoms with van der Waals surface area (Å²) in [5, 5.41) is 9.99. The Bertz CT molecular complexity index is 2420. The normalized spacial score (nSPS) is 15.8. The van der Waals surface area contributed by atoms with Gasteiger partial charge in [0.05, 0.1) is 48.6 Å². The number of unbranched alkanes of at least 4 members (excludes halogenated alkanes) is 2. The number of para-hydroxylation sites is 1. The number of carboxylic acids is 1. The minimum atomic E-state index is -4.10. The Morgan fingerprint density at radius 3 is 2.11 bits per heavy atom. The van der Waals surface area contributed by atoms with Crippen LogP contribution in [-0.2, 0) is 60.4 Å². The highest BCUT2D eigenvalue weighted by Crippen LogP contribution is 2.40. The predicted molar refractivity (Wildman–Crippen MR) is 277 cm³/mol. The van der Waals surface area contributed by atoms with Crippen LogP contribution in [0.25, 0.3) is 0 Å². The third-order valence-corrected chi connectivity index (χ3v) is 12.8. The number of rotatable bonds is 20. The molecule has 19 nitrogen and oxygen atoms in total. The minimum Gasteiger partial charge on any atom is -0.480 e. The number of carbonyl (C=O) groups is 6. The van der Waals surface area contributed by atoms with Gasteiger partial charge in [-0.3, -0.25) is 38.8 Å². The third-order valence-electron chi connectivity index (χ3n) is 11.2. The van der Waals surface area contributed by atoms with E-state index in [1.165, 1.54) is 11.0 Å². The number of carboxylic acid groups (broad SMARTS) is 1. The number of nitrogens with one attached hydrogen (secondary N) is 1. The lowest BCUT2D eigenvalue weighted by Gasteiger charge is -2.29. The van der Waals surface area contributed by atoms with Crippen LogP contribution in [0.1, 0.15) is 103 Å². The van der Waals surface area contributed by atoms with Gasteiger partial charge in [-0.2, -0.15) is 0 Å². The second-order valence-corrected chi connectivity index (χ2v) is 20.4. The molecule has 25 heteroatoms. The van der Waals surface area contributed by atoms with E-state index in [2.05, 4.69) is 19.2 Å². The molecule has 3 aliphatic rings. The molecule has 0 radical (unpaired) electrons. The highest BCUT2D eigenvalue weighted by atomic mass is 35.5. The van der Waals surface area contributed by atoms with Crippen LogP contribution in [0.2, 0.25) is 5.02 Å². The van der Waals surface area contributed by atoms with Gasteiger partial charge in [0, 0.05) is 24.3 Å². The lowest BCUT2D eigenvalue weighted by Crippen LogP contribution is -2.45. The lowest BCUT2D eigenvalue weighted by atomic mass is 9.93. The van der Waals surface area contributed by atoms with Crippen molar-refractivity contribution in [2.45, 2.75) is 109 Å². The topological polar surface area (TPSA) is 252 Å². The summed E-state index contributed by atoms with van der Waals surface area (Å²) in [6, 6.07) is 11.8. The van der Waals surface area contributed by atoms with Crippen molar-refractivity contribution in [3.05, 3.63) is 87.6 Å². The van der Waals surface area contributed by atoms with Crippen LogP contribution in [0.5, 0.6) is 5.75 Å². The van der Waals surface area contributed by atoms with Crippen molar-refractivity contribution in [3.63, 3.8) is 0 Å². The maximum atomic E-state index is 14.5. The summed E-state index contributed by atoms with van der Waals surface area (Å²) in [6.45, 7) is 9.85. The molecule has 1 saturated heterocycles. The van der Waals surface area contributed by atoms with Crippen LogP contribution in [0, 0.1) is 5.82 Å². The predicted octanol–water partition coefficient (Wildman–Crippen LogP) is 8.84. The third kappa shape index (κ3) is 18.9. The Kier molecular flexibility index (Phi) is 26.5. The summed E-state index contributed by atoms with van der Waals surface area (Å²) < 4.78 is 51.2. The number of halogens is 5. The molecule has 4 N–H and O–H groups in total. The van der Waals surface area contributed by atoms with E-state index in [0.717, 1.165) is 72.7 Å². The van der Waals surface area contributed by atoms with E-state index in [0.29, 0.717) is 42.9 Å². The number of esters is 1. The fourth-order valence-corrected chi connectivity index (χ4v) is 8.73. The Hall–Kier alpha value is -4.60. The van der Waals surface area contributed by atoms with Crippen molar-refractivity contribution >= 4 is 101 Å². The summed E-state index contributed by atoms with van der Waals surface area (Å²) in [7, 11) is -2.52. The van der Waals surface area contributed by atoms with Gasteiger partial charge in [-0.1, -0.05) is 86.6 Å². The highest BCUT2D eigenvalue weighted by molar-refractivity contribution is 7.51. The molecule has 1 aliphatic carbocycles. The van der Waals surface area contributed by atoms with Crippen molar-refractivity contribution in [1.82, 2.24) is 10.2 Å². The van der Waals surface area contributed by atoms with E-state index in [1.807, 2.05) is 31.2 Å². The number of methoxy groups -OCH3 is 1. The Morgan fingerprint density at radius 1 is 0.986 bits per heavy atom. The summed E-state index contributed by atoms with van der Waals surface area (Å²) in [5.74, 6) is -3.38. The molecule has 1 aromatic heterocycles. The maximum Gasteiger partial charge on any atom is 0.344 e. The zero-order valence-corrected chi connectivity index (χ0v) is 45.9. The molecular weight excluding hydrogens is 1080 g/mol. The van der Waals surface area contributed by atoms with Crippen molar-refractivity contribution in [2.75, 3.05) is 62.1 Å². The van der Waals surface area contributed by atoms with E-state index in [9.17, 15) is 37.7 Å². The van der Waals surface area contributed by atoms with Crippen LogP contribution >= 0.6 is 54.0 Å². The van der Waals surface area contributed by atoms with Crippen molar-refractivity contribution < 1.29 is 76.0 Å². The Morgan fingerprint density at radius 2 is 1.61 bits per heavy atom. The quantitative estimate of drug-likeness (QED) is 0.0206. The molecule has 1 unspecified atom stereocenters. The van der Waals surface area contributed by atoms with Gasteiger partial charge < -0.3 is 43.2 Å². The van der Waals surface area contributed by atoms with Gasteiger partial charge >= 0.3 is 19.5 Å². The second kappa shape index (κ2) is 30.8. The molecule has 3 aromatic rings. The smallest absolute Gasteiger partial charge is 0.344 e. The maximum absolute atomic E-state index is 14.5. The number of amides is 4. The molecule has 74 heavy (non-hydrogen) atoms. The van der Waals surface area contributed by atoms with Crippen LogP contribution in [0.4, 0.5) is 15.8 Å². The first kappa shape index (κ1) is 63.7. The molecule has 2 aliphatic heterocycles. The van der Waals surface area contributed by atoms with E-state index in [-0.39, 0.29) is 47.0 Å². The zero-order chi connectivity index (χ0) is 55.3. The van der Waals surface area contributed by atoms with Crippen LogP contribution in [0.15, 0.2) is 64.3 Å². The first-order chi connectivity index (χ1) is 35.0. The number of ether oxygens (including phenoxy) is 4. The number of hydrogen-bond acceptors (Lipinski definition) is 13. The number of carbonyl (C=O) groups excluding carboxylic acids is 5. The van der Waals surface area contributed by atoms with Crippen LogP contribution in [0.3, 0.4) is 0 Å². The van der Waals surface area contributed by atoms with E-state index >= 15 is 0 Å². The molecule has 0 saturated carbocycles. The molecule has 2 aromatic carbocycles. The van der Waals surface area contributed by atoms with Crippen molar-refractivity contribution in [1.29, 1.82) is 0 Å². The van der Waals surface area contributed by atoms with Gasteiger partial charge in [0.2, 0.25) is 5.91 Å².